The highest BCUT2D eigenvalue weighted by Gasteiger charge is 2.31. The van der Waals surface area contributed by atoms with Gasteiger partial charge in [0.25, 0.3) is 0 Å². The summed E-state index contributed by atoms with van der Waals surface area (Å²) >= 11 is 3.45. The van der Waals surface area contributed by atoms with Crippen LogP contribution in [0, 0.1) is 6.92 Å². The Kier molecular flexibility index (Phi) is 9.35. The van der Waals surface area contributed by atoms with Crippen LogP contribution < -0.4 is 9.62 Å². The van der Waals surface area contributed by atoms with Gasteiger partial charge in [0.15, 0.2) is 0 Å². The smallest absolute Gasteiger partial charge is 0.244 e. The summed E-state index contributed by atoms with van der Waals surface area (Å²) in [6.07, 6.45) is 6.30. The van der Waals surface area contributed by atoms with Crippen molar-refractivity contribution in [2.45, 2.75) is 64.6 Å². The van der Waals surface area contributed by atoms with Gasteiger partial charge in [0, 0.05) is 17.1 Å². The molecule has 190 valence electrons. The van der Waals surface area contributed by atoms with E-state index in [-0.39, 0.29) is 18.5 Å². The fourth-order valence-electron chi connectivity index (χ4n) is 4.31. The first-order valence-electron chi connectivity index (χ1n) is 11.9. The van der Waals surface area contributed by atoms with E-state index in [0.29, 0.717) is 5.69 Å². The minimum absolute atomic E-state index is 0.113. The normalized spacial score (nSPS) is 15.3. The number of aryl methyl sites for hydroxylation is 1. The Morgan fingerprint density at radius 2 is 1.74 bits per heavy atom. The summed E-state index contributed by atoms with van der Waals surface area (Å²) < 4.78 is 27.2. The predicted molar refractivity (Wildman–Crippen MR) is 143 cm³/mol. The second-order valence-electron chi connectivity index (χ2n) is 9.28. The third-order valence-corrected chi connectivity index (χ3v) is 8.00. The topological polar surface area (TPSA) is 86.8 Å². The highest BCUT2D eigenvalue weighted by molar-refractivity contribution is 9.10. The molecule has 0 aliphatic heterocycles. The third-order valence-electron chi connectivity index (χ3n) is 6.36. The maximum absolute atomic E-state index is 13.6. The van der Waals surface area contributed by atoms with Crippen LogP contribution in [0.1, 0.15) is 50.2 Å². The molecule has 1 saturated carbocycles. The summed E-state index contributed by atoms with van der Waals surface area (Å²) in [4.78, 5) is 28.2. The maximum atomic E-state index is 13.6. The molecule has 0 bridgehead atoms. The van der Waals surface area contributed by atoms with E-state index in [1.165, 1.54) is 11.3 Å². The summed E-state index contributed by atoms with van der Waals surface area (Å²) in [6, 6.07) is 13.8. The minimum atomic E-state index is -3.73. The van der Waals surface area contributed by atoms with Crippen molar-refractivity contribution >= 4 is 43.5 Å². The molecule has 7 nitrogen and oxygen atoms in total. The number of hydrogen-bond donors (Lipinski definition) is 1. The number of carbonyl (C=O) groups is 2. The Morgan fingerprint density at radius 1 is 1.09 bits per heavy atom. The van der Waals surface area contributed by atoms with Crippen LogP contribution in [0.25, 0.3) is 0 Å². The molecule has 2 aromatic carbocycles. The number of rotatable bonds is 9. The monoisotopic (exact) mass is 563 g/mol. The third kappa shape index (κ3) is 7.80. The Labute approximate surface area is 217 Å². The van der Waals surface area contributed by atoms with Gasteiger partial charge >= 0.3 is 0 Å². The molecule has 1 atom stereocenters. The van der Waals surface area contributed by atoms with Gasteiger partial charge in [-0.2, -0.15) is 0 Å². The van der Waals surface area contributed by atoms with Gasteiger partial charge < -0.3 is 10.2 Å². The van der Waals surface area contributed by atoms with Crippen LogP contribution in [0.3, 0.4) is 0 Å². The van der Waals surface area contributed by atoms with E-state index >= 15 is 0 Å². The van der Waals surface area contributed by atoms with Crippen LogP contribution in [0.2, 0.25) is 0 Å². The molecular weight excluding hydrogens is 530 g/mol. The van der Waals surface area contributed by atoms with Crippen molar-refractivity contribution in [2.75, 3.05) is 17.1 Å². The molecule has 35 heavy (non-hydrogen) atoms. The van der Waals surface area contributed by atoms with Gasteiger partial charge in [-0.15, -0.1) is 0 Å². The molecule has 3 rings (SSSR count). The largest absolute Gasteiger partial charge is 0.352 e. The van der Waals surface area contributed by atoms with Crippen molar-refractivity contribution in [2.24, 2.45) is 0 Å². The van der Waals surface area contributed by atoms with E-state index in [1.807, 2.05) is 31.2 Å². The van der Waals surface area contributed by atoms with Crippen molar-refractivity contribution in [3.05, 3.63) is 64.1 Å². The fourth-order valence-corrected chi connectivity index (χ4v) is 5.60. The number of carbonyl (C=O) groups excluding carboxylic acids is 2. The molecule has 1 fully saturated rings. The van der Waals surface area contributed by atoms with E-state index in [2.05, 4.69) is 21.2 Å². The molecule has 0 spiro atoms. The molecule has 2 amide bonds. The fraction of sp³-hybridized carbons (Fsp3) is 0.462. The number of halogens is 1. The first-order valence-corrected chi connectivity index (χ1v) is 14.6. The molecule has 1 aliphatic carbocycles. The lowest BCUT2D eigenvalue weighted by atomic mass is 9.95. The van der Waals surface area contributed by atoms with Crippen molar-refractivity contribution in [3.8, 4) is 0 Å². The van der Waals surface area contributed by atoms with Gasteiger partial charge in [-0.3, -0.25) is 13.9 Å². The van der Waals surface area contributed by atoms with E-state index in [0.717, 1.165) is 51.8 Å². The molecule has 1 aliphatic rings. The number of hydrogen-bond acceptors (Lipinski definition) is 4. The standard InChI is InChI=1S/C26H34BrN3O4S/c1-19-12-14-24(15-13-19)30(35(3,33)34)18-25(31)29(17-21-8-7-9-22(27)16-21)20(2)26(32)28-23-10-5-4-6-11-23/h7-9,12-16,20,23H,4-6,10-11,17-18H2,1-3H3,(H,28,32). The highest BCUT2D eigenvalue weighted by atomic mass is 79.9. The second-order valence-corrected chi connectivity index (χ2v) is 12.1. The van der Waals surface area contributed by atoms with Gasteiger partial charge in [-0.1, -0.05) is 65.0 Å². The first-order chi connectivity index (χ1) is 16.5. The lowest BCUT2D eigenvalue weighted by Gasteiger charge is -2.33. The van der Waals surface area contributed by atoms with Crippen LogP contribution in [0.5, 0.6) is 0 Å². The van der Waals surface area contributed by atoms with Gasteiger partial charge in [0.05, 0.1) is 11.9 Å². The van der Waals surface area contributed by atoms with Gasteiger partial charge in [-0.05, 0) is 56.5 Å². The number of nitrogens with zero attached hydrogens (tertiary/aromatic N) is 2. The Morgan fingerprint density at radius 3 is 2.34 bits per heavy atom. The molecule has 0 aromatic heterocycles. The predicted octanol–water partition coefficient (Wildman–Crippen LogP) is 4.39. The number of sulfonamides is 1. The Hall–Kier alpha value is -2.39. The van der Waals surface area contributed by atoms with E-state index < -0.39 is 28.5 Å². The molecular formula is C26H34BrN3O4S. The van der Waals surface area contributed by atoms with Crippen LogP contribution in [-0.2, 0) is 26.2 Å². The number of amides is 2. The van der Waals surface area contributed by atoms with Crippen molar-refractivity contribution in [1.29, 1.82) is 0 Å². The maximum Gasteiger partial charge on any atom is 0.244 e. The zero-order valence-corrected chi connectivity index (χ0v) is 22.9. The molecule has 0 heterocycles. The summed E-state index contributed by atoms with van der Waals surface area (Å²) in [6.45, 7) is 3.40. The van der Waals surface area contributed by atoms with Crippen molar-refractivity contribution < 1.29 is 18.0 Å². The molecule has 9 heteroatoms. The molecule has 1 N–H and O–H groups in total. The first kappa shape index (κ1) is 27.2. The van der Waals surface area contributed by atoms with Gasteiger partial charge in [-0.25, -0.2) is 8.42 Å². The lowest BCUT2D eigenvalue weighted by Crippen LogP contribution is -2.52. The van der Waals surface area contributed by atoms with Crippen LogP contribution in [-0.4, -0.2) is 50.0 Å². The average Bonchev–Trinajstić information content (AvgIpc) is 2.81. The lowest BCUT2D eigenvalue weighted by molar-refractivity contribution is -0.139. The summed E-state index contributed by atoms with van der Waals surface area (Å²) in [7, 11) is -3.73. The van der Waals surface area contributed by atoms with Crippen molar-refractivity contribution in [1.82, 2.24) is 10.2 Å². The Bertz CT molecular complexity index is 1130. The van der Waals surface area contributed by atoms with Gasteiger partial charge in [0.1, 0.15) is 12.6 Å². The zero-order valence-electron chi connectivity index (χ0n) is 20.5. The number of benzene rings is 2. The molecule has 0 radical (unpaired) electrons. The summed E-state index contributed by atoms with van der Waals surface area (Å²) in [5, 5.41) is 3.10. The van der Waals surface area contributed by atoms with Crippen molar-refractivity contribution in [3.63, 3.8) is 0 Å². The summed E-state index contributed by atoms with van der Waals surface area (Å²) in [5.41, 5.74) is 2.23. The van der Waals surface area contributed by atoms with E-state index in [4.69, 9.17) is 0 Å². The highest BCUT2D eigenvalue weighted by Crippen LogP contribution is 2.21. The van der Waals surface area contributed by atoms with E-state index in [1.54, 1.807) is 31.2 Å². The zero-order chi connectivity index (χ0) is 25.6. The minimum Gasteiger partial charge on any atom is -0.352 e. The SMILES string of the molecule is Cc1ccc(N(CC(=O)N(Cc2cccc(Br)c2)C(C)C(=O)NC2CCCCC2)S(C)(=O)=O)cc1. The molecule has 1 unspecified atom stereocenters. The van der Waals surface area contributed by atoms with Gasteiger partial charge in [0.2, 0.25) is 21.8 Å². The molecule has 2 aromatic rings. The number of nitrogens with one attached hydrogen (secondary N) is 1. The van der Waals surface area contributed by atoms with Crippen LogP contribution in [0.4, 0.5) is 5.69 Å². The van der Waals surface area contributed by atoms with Crippen LogP contribution >= 0.6 is 15.9 Å². The summed E-state index contributed by atoms with van der Waals surface area (Å²) in [5.74, 6) is -0.663. The van der Waals surface area contributed by atoms with Crippen LogP contribution in [0.15, 0.2) is 53.0 Å². The average molecular weight is 565 g/mol. The quantitative estimate of drug-likeness (QED) is 0.490. The second kappa shape index (κ2) is 12.0. The number of anilines is 1. The Balaban J connectivity index is 1.86. The molecule has 0 saturated heterocycles. The van der Waals surface area contributed by atoms with E-state index in [9.17, 15) is 18.0 Å².